The van der Waals surface area contributed by atoms with E-state index >= 15 is 0 Å². The van der Waals surface area contributed by atoms with Gasteiger partial charge < -0.3 is 4.98 Å². The van der Waals surface area contributed by atoms with Gasteiger partial charge in [0.1, 0.15) is 11.2 Å². The first kappa shape index (κ1) is 12.8. The van der Waals surface area contributed by atoms with Gasteiger partial charge in [0.25, 0.3) is 5.56 Å². The van der Waals surface area contributed by atoms with Crippen molar-refractivity contribution < 1.29 is 0 Å². The lowest BCUT2D eigenvalue weighted by atomic mass is 10.1. The molecule has 0 aliphatic carbocycles. The molecule has 0 saturated carbocycles. The van der Waals surface area contributed by atoms with Crippen molar-refractivity contribution in [2.24, 2.45) is 0 Å². The maximum atomic E-state index is 12.1. The number of H-pyrrole nitrogens is 1. The third-order valence-electron chi connectivity index (χ3n) is 3.80. The second-order valence-corrected chi connectivity index (χ2v) is 5.19. The highest BCUT2D eigenvalue weighted by Gasteiger charge is 2.11. The van der Waals surface area contributed by atoms with Crippen molar-refractivity contribution in [2.75, 3.05) is 0 Å². The number of hydrogen-bond donors (Lipinski definition) is 1. The molecule has 0 fully saturated rings. The van der Waals surface area contributed by atoms with Gasteiger partial charge in [-0.15, -0.1) is 0 Å². The van der Waals surface area contributed by atoms with E-state index in [2.05, 4.69) is 33.3 Å². The zero-order valence-corrected chi connectivity index (χ0v) is 12.1. The van der Waals surface area contributed by atoms with E-state index in [9.17, 15) is 4.79 Å². The zero-order chi connectivity index (χ0) is 15.1. The molecule has 2 aromatic heterocycles. The molecule has 0 radical (unpaired) electrons. The molecule has 1 N–H and O–H groups in total. The third-order valence-corrected chi connectivity index (χ3v) is 3.80. The van der Waals surface area contributed by atoms with Gasteiger partial charge in [-0.25, -0.2) is 9.67 Å². The summed E-state index contributed by atoms with van der Waals surface area (Å²) >= 11 is 0. The van der Waals surface area contributed by atoms with Crippen LogP contribution in [0.5, 0.6) is 0 Å². The monoisotopic (exact) mass is 290 g/mol. The molecular formula is C17H14N4O. The molecule has 0 amide bonds. The molecule has 0 saturated heterocycles. The number of aromatic amines is 1. The fourth-order valence-electron chi connectivity index (χ4n) is 2.63. The smallest absolute Gasteiger partial charge is 0.262 e. The summed E-state index contributed by atoms with van der Waals surface area (Å²) in [7, 11) is 0. The normalized spacial score (nSPS) is 11.3. The summed E-state index contributed by atoms with van der Waals surface area (Å²) in [4.78, 5) is 19.4. The van der Waals surface area contributed by atoms with Crippen LogP contribution in [0.2, 0.25) is 0 Å². The van der Waals surface area contributed by atoms with E-state index in [1.807, 2.05) is 31.2 Å². The Hall–Kier alpha value is -2.95. The second kappa shape index (κ2) is 4.80. The van der Waals surface area contributed by atoms with Gasteiger partial charge in [0.15, 0.2) is 5.65 Å². The number of benzene rings is 2. The largest absolute Gasteiger partial charge is 0.310 e. The van der Waals surface area contributed by atoms with Crippen molar-refractivity contribution in [1.82, 2.24) is 19.7 Å². The van der Waals surface area contributed by atoms with Gasteiger partial charge in [0.05, 0.1) is 11.9 Å². The Balaban J connectivity index is 1.99. The Morgan fingerprint density at radius 2 is 1.95 bits per heavy atom. The predicted molar refractivity (Wildman–Crippen MR) is 86.4 cm³/mol. The van der Waals surface area contributed by atoms with Gasteiger partial charge in [-0.2, -0.15) is 5.10 Å². The molecule has 0 bridgehead atoms. The van der Waals surface area contributed by atoms with Crippen molar-refractivity contribution in [3.05, 3.63) is 64.8 Å². The molecule has 2 heterocycles. The third kappa shape index (κ3) is 1.90. The van der Waals surface area contributed by atoms with Crippen molar-refractivity contribution in [3.8, 4) is 5.69 Å². The SMILES string of the molecule is CCc1nc2c(cnn2-c2ccc3ccccc3c2)c(=O)[nH]1. The fraction of sp³-hybridized carbons (Fsp3) is 0.118. The number of hydrogen-bond acceptors (Lipinski definition) is 3. The van der Waals surface area contributed by atoms with Gasteiger partial charge >= 0.3 is 0 Å². The van der Waals surface area contributed by atoms with Crippen LogP contribution in [0.1, 0.15) is 12.7 Å². The van der Waals surface area contributed by atoms with Crippen LogP contribution in [-0.4, -0.2) is 19.7 Å². The fourth-order valence-corrected chi connectivity index (χ4v) is 2.63. The van der Waals surface area contributed by atoms with E-state index < -0.39 is 0 Å². The number of nitrogens with one attached hydrogen (secondary N) is 1. The zero-order valence-electron chi connectivity index (χ0n) is 12.1. The summed E-state index contributed by atoms with van der Waals surface area (Å²) in [5.41, 5.74) is 1.35. The number of nitrogens with zero attached hydrogens (tertiary/aromatic N) is 3. The summed E-state index contributed by atoms with van der Waals surface area (Å²) in [6.07, 6.45) is 2.24. The molecular weight excluding hydrogens is 276 g/mol. The van der Waals surface area contributed by atoms with Gasteiger partial charge in [-0.1, -0.05) is 37.3 Å². The Bertz CT molecular complexity index is 1050. The van der Waals surface area contributed by atoms with E-state index in [4.69, 9.17) is 0 Å². The van der Waals surface area contributed by atoms with E-state index in [1.165, 1.54) is 5.39 Å². The summed E-state index contributed by atoms with van der Waals surface area (Å²) in [5, 5.41) is 7.15. The van der Waals surface area contributed by atoms with Crippen molar-refractivity contribution in [3.63, 3.8) is 0 Å². The average Bonchev–Trinajstić information content (AvgIpc) is 2.98. The van der Waals surface area contributed by atoms with Gasteiger partial charge in [-0.05, 0) is 22.9 Å². The van der Waals surface area contributed by atoms with E-state index in [1.54, 1.807) is 10.9 Å². The van der Waals surface area contributed by atoms with Gasteiger partial charge in [0.2, 0.25) is 0 Å². The van der Waals surface area contributed by atoms with Crippen LogP contribution in [0.3, 0.4) is 0 Å². The maximum absolute atomic E-state index is 12.1. The molecule has 5 nitrogen and oxygen atoms in total. The van der Waals surface area contributed by atoms with Gasteiger partial charge in [-0.3, -0.25) is 4.79 Å². The Kier molecular flexibility index (Phi) is 2.79. The first-order valence-corrected chi connectivity index (χ1v) is 7.22. The molecule has 0 aliphatic heterocycles. The summed E-state index contributed by atoms with van der Waals surface area (Å²) < 4.78 is 1.72. The van der Waals surface area contributed by atoms with Crippen molar-refractivity contribution >= 4 is 21.8 Å². The summed E-state index contributed by atoms with van der Waals surface area (Å²) in [6, 6.07) is 14.2. The highest BCUT2D eigenvalue weighted by atomic mass is 16.1. The Labute approximate surface area is 126 Å². The molecule has 22 heavy (non-hydrogen) atoms. The van der Waals surface area contributed by atoms with E-state index in [0.717, 1.165) is 11.1 Å². The quantitative estimate of drug-likeness (QED) is 0.617. The molecule has 0 spiro atoms. The minimum atomic E-state index is -0.145. The lowest BCUT2D eigenvalue weighted by molar-refractivity contribution is 0.874. The van der Waals surface area contributed by atoms with Crippen LogP contribution in [0.25, 0.3) is 27.5 Å². The van der Waals surface area contributed by atoms with Crippen LogP contribution in [0, 0.1) is 0 Å². The first-order valence-electron chi connectivity index (χ1n) is 7.22. The highest BCUT2D eigenvalue weighted by Crippen LogP contribution is 2.20. The minimum Gasteiger partial charge on any atom is -0.310 e. The van der Waals surface area contributed by atoms with Crippen molar-refractivity contribution in [2.45, 2.75) is 13.3 Å². The minimum absolute atomic E-state index is 0.145. The molecule has 5 heteroatoms. The lowest BCUT2D eigenvalue weighted by Gasteiger charge is -2.05. The molecule has 4 rings (SSSR count). The molecule has 0 atom stereocenters. The number of rotatable bonds is 2. The van der Waals surface area contributed by atoms with E-state index in [0.29, 0.717) is 23.3 Å². The number of aryl methyl sites for hydroxylation is 1. The standard InChI is InChI=1S/C17H14N4O/c1-2-15-19-16-14(17(22)20-15)10-18-21(16)13-8-7-11-5-3-4-6-12(11)9-13/h3-10H,2H2,1H3,(H,19,20,22). The van der Waals surface area contributed by atoms with Crippen LogP contribution in [-0.2, 0) is 6.42 Å². The average molecular weight is 290 g/mol. The maximum Gasteiger partial charge on any atom is 0.262 e. The molecule has 0 aliphatic rings. The van der Waals surface area contributed by atoms with Gasteiger partial charge in [0, 0.05) is 6.42 Å². The number of aromatic nitrogens is 4. The van der Waals surface area contributed by atoms with Crippen molar-refractivity contribution in [1.29, 1.82) is 0 Å². The molecule has 108 valence electrons. The summed E-state index contributed by atoms with van der Waals surface area (Å²) in [6.45, 7) is 1.96. The predicted octanol–water partition coefficient (Wildman–Crippen LogP) is 2.82. The van der Waals surface area contributed by atoms with Crippen LogP contribution in [0.4, 0.5) is 0 Å². The van der Waals surface area contributed by atoms with E-state index in [-0.39, 0.29) is 5.56 Å². The highest BCUT2D eigenvalue weighted by molar-refractivity contribution is 5.85. The second-order valence-electron chi connectivity index (χ2n) is 5.19. The lowest BCUT2D eigenvalue weighted by Crippen LogP contribution is -2.11. The van der Waals surface area contributed by atoms with Crippen LogP contribution < -0.4 is 5.56 Å². The van der Waals surface area contributed by atoms with Crippen LogP contribution in [0.15, 0.2) is 53.5 Å². The Morgan fingerprint density at radius 3 is 2.77 bits per heavy atom. The number of fused-ring (bicyclic) bond motifs is 2. The first-order chi connectivity index (χ1) is 10.8. The Morgan fingerprint density at radius 1 is 1.14 bits per heavy atom. The topological polar surface area (TPSA) is 63.6 Å². The van der Waals surface area contributed by atoms with Crippen LogP contribution >= 0.6 is 0 Å². The molecule has 2 aromatic carbocycles. The molecule has 4 aromatic rings. The summed E-state index contributed by atoms with van der Waals surface area (Å²) in [5.74, 6) is 0.667. The molecule has 0 unspecified atom stereocenters.